The number of guanidine groups is 1. The molecule has 1 aliphatic rings. The van der Waals surface area contributed by atoms with Crippen molar-refractivity contribution in [2.24, 2.45) is 16.8 Å². The monoisotopic (exact) mass is 323 g/mol. The maximum Gasteiger partial charge on any atom is 0.193 e. The Bertz CT molecular complexity index is 457. The van der Waals surface area contributed by atoms with Gasteiger partial charge in [0.15, 0.2) is 5.96 Å². The Kier molecular flexibility index (Phi) is 6.61. The molecule has 0 bridgehead atoms. The zero-order valence-electron chi connectivity index (χ0n) is 14.2. The van der Waals surface area contributed by atoms with Crippen LogP contribution in [0.4, 0.5) is 0 Å². The fourth-order valence-electron chi connectivity index (χ4n) is 2.66. The molecule has 2 heterocycles. The second kappa shape index (κ2) is 8.46. The molecule has 0 radical (unpaired) electrons. The number of rotatable bonds is 5. The molecule has 2 unspecified atom stereocenters. The maximum atomic E-state index is 4.47. The van der Waals surface area contributed by atoms with E-state index in [0.717, 1.165) is 32.1 Å². The summed E-state index contributed by atoms with van der Waals surface area (Å²) in [5.74, 6) is 3.45. The van der Waals surface area contributed by atoms with E-state index in [4.69, 9.17) is 0 Å². The van der Waals surface area contributed by atoms with Crippen molar-refractivity contribution in [2.45, 2.75) is 32.6 Å². The van der Waals surface area contributed by atoms with E-state index in [1.165, 1.54) is 5.75 Å². The summed E-state index contributed by atoms with van der Waals surface area (Å²) >= 11 is 2.09. The van der Waals surface area contributed by atoms with Crippen molar-refractivity contribution in [3.8, 4) is 0 Å². The normalized spacial score (nSPS) is 21.2. The maximum absolute atomic E-state index is 4.47. The van der Waals surface area contributed by atoms with Crippen LogP contribution in [0.2, 0.25) is 0 Å². The van der Waals surface area contributed by atoms with Crippen molar-refractivity contribution >= 4 is 17.7 Å². The average Bonchev–Trinajstić information content (AvgIpc) is 3.01. The Morgan fingerprint density at radius 1 is 1.45 bits per heavy atom. The third-order valence-corrected chi connectivity index (χ3v) is 5.55. The van der Waals surface area contributed by atoms with Gasteiger partial charge in [-0.15, -0.1) is 0 Å². The molecule has 6 heteroatoms. The summed E-state index contributed by atoms with van der Waals surface area (Å²) in [5, 5.41) is 8.51. The van der Waals surface area contributed by atoms with E-state index in [1.54, 1.807) is 0 Å². The van der Waals surface area contributed by atoms with Crippen LogP contribution in [0.15, 0.2) is 23.5 Å². The number of aromatic nitrogens is 2. The van der Waals surface area contributed by atoms with Crippen LogP contribution in [0, 0.1) is 11.8 Å². The highest BCUT2D eigenvalue weighted by Crippen LogP contribution is 2.24. The lowest BCUT2D eigenvalue weighted by molar-refractivity contribution is 0.371. The highest BCUT2D eigenvalue weighted by molar-refractivity contribution is 8.00. The molecule has 1 N–H and O–H groups in total. The average molecular weight is 324 g/mol. The molecular formula is C16H29N5S. The summed E-state index contributed by atoms with van der Waals surface area (Å²) in [5.41, 5.74) is 0. The fraction of sp³-hybridized carbons (Fsp3) is 0.750. The van der Waals surface area contributed by atoms with Crippen LogP contribution >= 0.6 is 11.8 Å². The van der Waals surface area contributed by atoms with Gasteiger partial charge in [-0.2, -0.15) is 16.9 Å². The van der Waals surface area contributed by atoms with Crippen LogP contribution in [-0.4, -0.2) is 58.3 Å². The molecule has 0 amide bonds. The van der Waals surface area contributed by atoms with Crippen LogP contribution in [0.1, 0.15) is 20.8 Å². The van der Waals surface area contributed by atoms with Crippen molar-refractivity contribution < 1.29 is 0 Å². The van der Waals surface area contributed by atoms with Crippen molar-refractivity contribution in [1.29, 1.82) is 0 Å². The van der Waals surface area contributed by atoms with Gasteiger partial charge in [0.05, 0.1) is 0 Å². The summed E-state index contributed by atoms with van der Waals surface area (Å²) in [4.78, 5) is 6.88. The highest BCUT2D eigenvalue weighted by Gasteiger charge is 2.24. The first-order valence-corrected chi connectivity index (χ1v) is 9.19. The van der Waals surface area contributed by atoms with Gasteiger partial charge in [-0.25, -0.2) is 0 Å². The number of nitrogens with zero attached hydrogens (tertiary/aromatic N) is 4. The molecule has 1 aliphatic heterocycles. The molecule has 0 spiro atoms. The smallest absolute Gasteiger partial charge is 0.193 e. The summed E-state index contributed by atoms with van der Waals surface area (Å²) in [6.45, 7) is 10.9. The lowest BCUT2D eigenvalue weighted by atomic mass is 10.1. The van der Waals surface area contributed by atoms with E-state index in [0.29, 0.717) is 17.1 Å². The molecule has 2 atom stereocenters. The number of aliphatic imine (C=N–C) groups is 1. The number of thioether (sulfide) groups is 1. The van der Waals surface area contributed by atoms with Gasteiger partial charge in [0.25, 0.3) is 0 Å². The van der Waals surface area contributed by atoms with Gasteiger partial charge >= 0.3 is 0 Å². The Morgan fingerprint density at radius 2 is 2.27 bits per heavy atom. The largest absolute Gasteiger partial charge is 0.356 e. The van der Waals surface area contributed by atoms with E-state index in [2.05, 4.69) is 52.8 Å². The predicted molar refractivity (Wildman–Crippen MR) is 95.4 cm³/mol. The Labute approximate surface area is 138 Å². The predicted octanol–water partition coefficient (Wildman–Crippen LogP) is 2.17. The van der Waals surface area contributed by atoms with Crippen LogP contribution < -0.4 is 5.32 Å². The quantitative estimate of drug-likeness (QED) is 0.666. The van der Waals surface area contributed by atoms with Crippen molar-refractivity contribution in [1.82, 2.24) is 20.0 Å². The Hall–Kier alpha value is -1.17. The van der Waals surface area contributed by atoms with E-state index in [1.807, 2.05) is 30.2 Å². The van der Waals surface area contributed by atoms with Gasteiger partial charge < -0.3 is 10.2 Å². The minimum atomic E-state index is 0.511. The fourth-order valence-corrected chi connectivity index (χ4v) is 3.96. The lowest BCUT2D eigenvalue weighted by Crippen LogP contribution is -2.49. The zero-order chi connectivity index (χ0) is 15.9. The van der Waals surface area contributed by atoms with Crippen LogP contribution in [-0.2, 0) is 6.54 Å². The van der Waals surface area contributed by atoms with E-state index >= 15 is 0 Å². The molecule has 124 valence electrons. The second-order valence-electron chi connectivity index (χ2n) is 6.36. The SMILES string of the molecule is CN=C(NCC(C)Cn1cccn1)N1CCSC(C(C)C)C1. The Balaban J connectivity index is 1.81. The molecule has 0 aromatic carbocycles. The molecule has 1 aromatic rings. The molecule has 1 saturated heterocycles. The summed E-state index contributed by atoms with van der Waals surface area (Å²) in [7, 11) is 1.88. The van der Waals surface area contributed by atoms with Crippen molar-refractivity contribution in [2.75, 3.05) is 32.4 Å². The second-order valence-corrected chi connectivity index (χ2v) is 7.71. The number of hydrogen-bond acceptors (Lipinski definition) is 3. The molecular weight excluding hydrogens is 294 g/mol. The standard InChI is InChI=1S/C16H29N5S/c1-13(2)15-12-20(8-9-22-15)16(17-4)18-10-14(3)11-21-7-5-6-19-21/h5-7,13-15H,8-12H2,1-4H3,(H,17,18). The third-order valence-electron chi connectivity index (χ3n) is 4.01. The molecule has 0 saturated carbocycles. The highest BCUT2D eigenvalue weighted by atomic mass is 32.2. The number of nitrogens with one attached hydrogen (secondary N) is 1. The molecule has 0 aliphatic carbocycles. The number of hydrogen-bond donors (Lipinski definition) is 1. The van der Waals surface area contributed by atoms with Crippen molar-refractivity contribution in [3.63, 3.8) is 0 Å². The van der Waals surface area contributed by atoms with E-state index in [-0.39, 0.29) is 0 Å². The molecule has 5 nitrogen and oxygen atoms in total. The summed E-state index contributed by atoms with van der Waals surface area (Å²) in [6, 6.07) is 1.97. The minimum absolute atomic E-state index is 0.511. The van der Waals surface area contributed by atoms with Gasteiger partial charge in [0.2, 0.25) is 0 Å². The lowest BCUT2D eigenvalue weighted by Gasteiger charge is -2.36. The first-order valence-electron chi connectivity index (χ1n) is 8.14. The Morgan fingerprint density at radius 3 is 2.91 bits per heavy atom. The first-order chi connectivity index (χ1) is 10.6. The van der Waals surface area contributed by atoms with E-state index < -0.39 is 0 Å². The molecule has 1 fully saturated rings. The summed E-state index contributed by atoms with van der Waals surface area (Å²) < 4.78 is 1.99. The molecule has 1 aromatic heterocycles. The van der Waals surface area contributed by atoms with Crippen LogP contribution in [0.5, 0.6) is 0 Å². The first kappa shape index (κ1) is 17.2. The van der Waals surface area contributed by atoms with E-state index in [9.17, 15) is 0 Å². The third kappa shape index (κ3) is 4.93. The van der Waals surface area contributed by atoms with Crippen molar-refractivity contribution in [3.05, 3.63) is 18.5 Å². The minimum Gasteiger partial charge on any atom is -0.356 e. The van der Waals surface area contributed by atoms with Gasteiger partial charge in [0, 0.05) is 56.6 Å². The zero-order valence-corrected chi connectivity index (χ0v) is 15.0. The molecule has 22 heavy (non-hydrogen) atoms. The van der Waals surface area contributed by atoms with Gasteiger partial charge in [0.1, 0.15) is 0 Å². The van der Waals surface area contributed by atoms with Gasteiger partial charge in [-0.05, 0) is 17.9 Å². The van der Waals surface area contributed by atoms with Crippen LogP contribution in [0.25, 0.3) is 0 Å². The van der Waals surface area contributed by atoms with Gasteiger partial charge in [-0.3, -0.25) is 9.67 Å². The topological polar surface area (TPSA) is 45.5 Å². The molecule has 2 rings (SSSR count). The van der Waals surface area contributed by atoms with Crippen LogP contribution in [0.3, 0.4) is 0 Å². The van der Waals surface area contributed by atoms with Gasteiger partial charge in [-0.1, -0.05) is 20.8 Å². The summed E-state index contributed by atoms with van der Waals surface area (Å²) in [6.07, 6.45) is 3.84.